The van der Waals surface area contributed by atoms with E-state index in [2.05, 4.69) is 10.6 Å². The second-order valence-electron chi connectivity index (χ2n) is 8.00. The lowest BCUT2D eigenvalue weighted by Crippen LogP contribution is -2.45. The van der Waals surface area contributed by atoms with E-state index in [0.29, 0.717) is 36.4 Å². The first kappa shape index (κ1) is 22.2. The van der Waals surface area contributed by atoms with Crippen molar-refractivity contribution in [2.24, 2.45) is 5.92 Å². The van der Waals surface area contributed by atoms with E-state index in [0.717, 1.165) is 5.56 Å². The summed E-state index contributed by atoms with van der Waals surface area (Å²) in [6, 6.07) is 8.85. The molecule has 0 bridgehead atoms. The van der Waals surface area contributed by atoms with Gasteiger partial charge in [-0.3, -0.25) is 9.59 Å². The Morgan fingerprint density at radius 2 is 2.03 bits per heavy atom. The van der Waals surface area contributed by atoms with Crippen LogP contribution in [0.2, 0.25) is 0 Å². The molecule has 10 heteroatoms. The first-order chi connectivity index (χ1) is 15.2. The van der Waals surface area contributed by atoms with Crippen molar-refractivity contribution in [1.29, 1.82) is 0 Å². The Kier molecular flexibility index (Phi) is 6.16. The van der Waals surface area contributed by atoms with E-state index in [1.54, 1.807) is 25.1 Å². The Bertz CT molecular complexity index is 1150. The van der Waals surface area contributed by atoms with Crippen LogP contribution >= 0.6 is 0 Å². The molecule has 4 rings (SSSR count). The molecule has 0 radical (unpaired) electrons. The van der Waals surface area contributed by atoms with E-state index in [-0.39, 0.29) is 42.2 Å². The van der Waals surface area contributed by atoms with Crippen molar-refractivity contribution in [3.8, 4) is 5.75 Å². The van der Waals surface area contributed by atoms with Gasteiger partial charge in [-0.25, -0.2) is 12.8 Å². The monoisotopic (exact) mass is 461 g/mol. The number of nitrogens with one attached hydrogen (secondary N) is 2. The van der Waals surface area contributed by atoms with Crippen LogP contribution in [-0.2, 0) is 26.2 Å². The summed E-state index contributed by atoms with van der Waals surface area (Å²) in [5, 5.41) is 5.48. The summed E-state index contributed by atoms with van der Waals surface area (Å²) in [5.74, 6) is -1.05. The fourth-order valence-corrected chi connectivity index (χ4v) is 5.69. The van der Waals surface area contributed by atoms with Crippen molar-refractivity contribution in [2.45, 2.75) is 31.2 Å². The third kappa shape index (κ3) is 4.61. The van der Waals surface area contributed by atoms with Gasteiger partial charge in [0.1, 0.15) is 11.6 Å². The molecule has 2 aromatic rings. The van der Waals surface area contributed by atoms with E-state index in [1.165, 1.54) is 22.5 Å². The van der Waals surface area contributed by atoms with Crippen LogP contribution in [-0.4, -0.2) is 44.2 Å². The molecule has 1 saturated heterocycles. The normalized spacial score (nSPS) is 18.9. The van der Waals surface area contributed by atoms with Gasteiger partial charge in [0.2, 0.25) is 15.9 Å². The smallest absolute Gasteiger partial charge is 0.262 e. The van der Waals surface area contributed by atoms with Gasteiger partial charge >= 0.3 is 0 Å². The van der Waals surface area contributed by atoms with Crippen LogP contribution in [0.3, 0.4) is 0 Å². The SMILES string of the molecule is Cc1cc2c(cc1S(=O)(=O)N1CCC[C@@H](C(=O)NCc3ccc(F)cc3)C1)OCC(=O)N2. The van der Waals surface area contributed by atoms with E-state index < -0.39 is 15.9 Å². The van der Waals surface area contributed by atoms with Crippen molar-refractivity contribution < 1.29 is 27.1 Å². The van der Waals surface area contributed by atoms with E-state index in [1.807, 2.05) is 0 Å². The van der Waals surface area contributed by atoms with Crippen LogP contribution in [0.4, 0.5) is 10.1 Å². The lowest BCUT2D eigenvalue weighted by Gasteiger charge is -2.32. The number of hydrogen-bond donors (Lipinski definition) is 2. The first-order valence-electron chi connectivity index (χ1n) is 10.3. The molecule has 0 unspecified atom stereocenters. The van der Waals surface area contributed by atoms with Crippen molar-refractivity contribution in [3.05, 3.63) is 53.3 Å². The lowest BCUT2D eigenvalue weighted by molar-refractivity contribution is -0.126. The number of piperidine rings is 1. The standard InChI is InChI=1S/C22H24FN3O5S/c1-14-9-18-19(31-13-21(27)25-18)10-20(14)32(29,30)26-8-2-3-16(12-26)22(28)24-11-15-4-6-17(23)7-5-15/h4-7,9-10,16H,2-3,8,11-13H2,1H3,(H,24,28)(H,25,27)/t16-/m1/s1. The third-order valence-electron chi connectivity index (χ3n) is 5.66. The van der Waals surface area contributed by atoms with Gasteiger partial charge in [0.25, 0.3) is 5.91 Å². The fourth-order valence-electron chi connectivity index (χ4n) is 3.94. The minimum atomic E-state index is -3.86. The molecule has 2 amide bonds. The zero-order chi connectivity index (χ0) is 22.9. The van der Waals surface area contributed by atoms with Crippen LogP contribution in [0.15, 0.2) is 41.3 Å². The molecule has 1 fully saturated rings. The number of carbonyl (C=O) groups excluding carboxylic acids is 2. The molecule has 0 spiro atoms. The summed E-state index contributed by atoms with van der Waals surface area (Å²) in [6.07, 6.45) is 1.14. The van der Waals surface area contributed by atoms with Crippen molar-refractivity contribution in [1.82, 2.24) is 9.62 Å². The molecule has 170 valence electrons. The number of rotatable bonds is 5. The van der Waals surface area contributed by atoms with E-state index in [9.17, 15) is 22.4 Å². The van der Waals surface area contributed by atoms with Crippen molar-refractivity contribution in [2.75, 3.05) is 25.0 Å². The van der Waals surface area contributed by atoms with Gasteiger partial charge in [0, 0.05) is 25.7 Å². The molecule has 2 aliphatic heterocycles. The number of nitrogens with zero attached hydrogens (tertiary/aromatic N) is 1. The molecule has 0 aliphatic carbocycles. The van der Waals surface area contributed by atoms with Gasteiger partial charge < -0.3 is 15.4 Å². The minimum absolute atomic E-state index is 0.0751. The summed E-state index contributed by atoms with van der Waals surface area (Å²) < 4.78 is 46.4. The largest absolute Gasteiger partial charge is 0.482 e. The molecule has 0 aromatic heterocycles. The number of aryl methyl sites for hydroxylation is 1. The van der Waals surface area contributed by atoms with Gasteiger partial charge in [-0.05, 0) is 49.1 Å². The van der Waals surface area contributed by atoms with E-state index in [4.69, 9.17) is 4.74 Å². The number of amides is 2. The summed E-state index contributed by atoms with van der Waals surface area (Å²) in [5.41, 5.74) is 1.68. The Labute approximate surface area is 185 Å². The molecule has 8 nitrogen and oxygen atoms in total. The highest BCUT2D eigenvalue weighted by Gasteiger charge is 2.35. The second-order valence-corrected chi connectivity index (χ2v) is 9.90. The van der Waals surface area contributed by atoms with Gasteiger partial charge in [0.05, 0.1) is 16.5 Å². The number of halogens is 1. The van der Waals surface area contributed by atoms with Gasteiger partial charge in [-0.15, -0.1) is 0 Å². The Balaban J connectivity index is 1.47. The zero-order valence-electron chi connectivity index (χ0n) is 17.6. The fraction of sp³-hybridized carbons (Fsp3) is 0.364. The van der Waals surface area contributed by atoms with Crippen LogP contribution in [0.1, 0.15) is 24.0 Å². The van der Waals surface area contributed by atoms with Crippen molar-refractivity contribution in [3.63, 3.8) is 0 Å². The van der Waals surface area contributed by atoms with Crippen molar-refractivity contribution >= 4 is 27.5 Å². The predicted octanol–water partition coefficient (Wildman–Crippen LogP) is 2.18. The molecule has 2 aliphatic rings. The molecular weight excluding hydrogens is 437 g/mol. The molecular formula is C22H24FN3O5S. The molecule has 2 aromatic carbocycles. The highest BCUT2D eigenvalue weighted by Crippen LogP contribution is 2.35. The number of ether oxygens (including phenoxy) is 1. The van der Waals surface area contributed by atoms with Crippen LogP contribution in [0, 0.1) is 18.7 Å². The number of benzene rings is 2. The van der Waals surface area contributed by atoms with E-state index >= 15 is 0 Å². The molecule has 0 saturated carbocycles. The third-order valence-corrected chi connectivity index (χ3v) is 7.67. The van der Waals surface area contributed by atoms with Crippen LogP contribution in [0.25, 0.3) is 0 Å². The highest BCUT2D eigenvalue weighted by atomic mass is 32.2. The zero-order valence-corrected chi connectivity index (χ0v) is 18.4. The lowest BCUT2D eigenvalue weighted by atomic mass is 9.99. The maximum Gasteiger partial charge on any atom is 0.262 e. The highest BCUT2D eigenvalue weighted by molar-refractivity contribution is 7.89. The Morgan fingerprint density at radius 3 is 2.78 bits per heavy atom. The van der Waals surface area contributed by atoms with Crippen LogP contribution < -0.4 is 15.4 Å². The molecule has 32 heavy (non-hydrogen) atoms. The summed E-state index contributed by atoms with van der Waals surface area (Å²) >= 11 is 0. The molecule has 2 N–H and O–H groups in total. The summed E-state index contributed by atoms with van der Waals surface area (Å²) in [6.45, 7) is 2.12. The Morgan fingerprint density at radius 1 is 1.28 bits per heavy atom. The topological polar surface area (TPSA) is 105 Å². The quantitative estimate of drug-likeness (QED) is 0.710. The number of hydrogen-bond acceptors (Lipinski definition) is 5. The Hall–Kier alpha value is -2.98. The average molecular weight is 462 g/mol. The number of carbonyl (C=O) groups is 2. The van der Waals surface area contributed by atoms with Crippen LogP contribution in [0.5, 0.6) is 5.75 Å². The summed E-state index contributed by atoms with van der Waals surface area (Å²) in [4.78, 5) is 24.3. The maximum atomic E-state index is 13.4. The number of anilines is 1. The second kappa shape index (κ2) is 8.87. The van der Waals surface area contributed by atoms with Gasteiger partial charge in [0.15, 0.2) is 6.61 Å². The predicted molar refractivity (Wildman–Crippen MR) is 115 cm³/mol. The average Bonchev–Trinajstić information content (AvgIpc) is 2.78. The first-order valence-corrected chi connectivity index (χ1v) is 11.8. The maximum absolute atomic E-state index is 13.4. The van der Waals surface area contributed by atoms with Gasteiger partial charge in [-0.1, -0.05) is 12.1 Å². The van der Waals surface area contributed by atoms with Gasteiger partial charge in [-0.2, -0.15) is 4.31 Å². The number of fused-ring (bicyclic) bond motifs is 1. The minimum Gasteiger partial charge on any atom is -0.482 e. The summed E-state index contributed by atoms with van der Waals surface area (Å²) in [7, 11) is -3.86. The molecule has 1 atom stereocenters. The molecule has 2 heterocycles. The number of sulfonamides is 1.